The molecule has 138 valence electrons. The Hall–Kier alpha value is -2.38. The summed E-state index contributed by atoms with van der Waals surface area (Å²) in [7, 11) is -1.64. The number of hydrogen-bond acceptors (Lipinski definition) is 4. The average Bonchev–Trinajstić information content (AvgIpc) is 2.67. The normalized spacial score (nSPS) is 14.5. The van der Waals surface area contributed by atoms with E-state index in [0.29, 0.717) is 36.5 Å². The van der Waals surface area contributed by atoms with Crippen LogP contribution in [0.15, 0.2) is 42.5 Å². The van der Waals surface area contributed by atoms with E-state index in [1.165, 1.54) is 4.31 Å². The van der Waals surface area contributed by atoms with Gasteiger partial charge < -0.3 is 10.1 Å². The maximum absolute atomic E-state index is 12.4. The Balaban J connectivity index is 1.76. The largest absolute Gasteiger partial charge is 0.497 e. The highest BCUT2D eigenvalue weighted by Gasteiger charge is 2.25. The summed E-state index contributed by atoms with van der Waals surface area (Å²) in [5, 5.41) is 2.87. The van der Waals surface area contributed by atoms with E-state index >= 15 is 0 Å². The molecule has 3 rings (SSSR count). The summed E-state index contributed by atoms with van der Waals surface area (Å²) in [6, 6.07) is 12.5. The van der Waals surface area contributed by atoms with Crippen molar-refractivity contribution in [1.29, 1.82) is 0 Å². The second-order valence-electron chi connectivity index (χ2n) is 6.15. The number of fused-ring (bicyclic) bond motifs is 1. The lowest BCUT2D eigenvalue weighted by molar-refractivity contribution is 0.102. The maximum atomic E-state index is 12.4. The van der Waals surface area contributed by atoms with Crippen LogP contribution >= 0.6 is 0 Å². The zero-order valence-electron chi connectivity index (χ0n) is 14.9. The summed E-state index contributed by atoms with van der Waals surface area (Å²) in [5.41, 5.74) is 3.23. The molecule has 0 bridgehead atoms. The van der Waals surface area contributed by atoms with Gasteiger partial charge in [-0.3, -0.25) is 4.79 Å². The Morgan fingerprint density at radius 1 is 1.15 bits per heavy atom. The molecule has 0 aromatic heterocycles. The van der Waals surface area contributed by atoms with Gasteiger partial charge in [0.1, 0.15) is 5.75 Å². The van der Waals surface area contributed by atoms with Crippen LogP contribution in [0, 0.1) is 0 Å². The van der Waals surface area contributed by atoms with Gasteiger partial charge >= 0.3 is 0 Å². The quantitative estimate of drug-likeness (QED) is 0.873. The molecule has 2 aromatic carbocycles. The molecule has 1 aliphatic rings. The Labute approximate surface area is 153 Å². The van der Waals surface area contributed by atoms with Crippen LogP contribution in [-0.4, -0.2) is 38.0 Å². The number of sulfonamides is 1. The van der Waals surface area contributed by atoms with Gasteiger partial charge in [-0.15, -0.1) is 0 Å². The van der Waals surface area contributed by atoms with E-state index in [9.17, 15) is 13.2 Å². The van der Waals surface area contributed by atoms with Crippen LogP contribution in [0.5, 0.6) is 5.75 Å². The zero-order chi connectivity index (χ0) is 18.7. The van der Waals surface area contributed by atoms with E-state index in [0.717, 1.165) is 11.1 Å². The molecular weight excluding hydrogens is 352 g/mol. The van der Waals surface area contributed by atoms with Gasteiger partial charge in [-0.25, -0.2) is 8.42 Å². The maximum Gasteiger partial charge on any atom is 0.255 e. The predicted molar refractivity (Wildman–Crippen MR) is 101 cm³/mol. The van der Waals surface area contributed by atoms with Gasteiger partial charge in [0.15, 0.2) is 0 Å². The smallest absolute Gasteiger partial charge is 0.255 e. The van der Waals surface area contributed by atoms with Crippen molar-refractivity contribution in [2.24, 2.45) is 0 Å². The van der Waals surface area contributed by atoms with Gasteiger partial charge in [0.25, 0.3) is 5.91 Å². The van der Waals surface area contributed by atoms with Crippen molar-refractivity contribution >= 4 is 21.6 Å². The van der Waals surface area contributed by atoms with Crippen molar-refractivity contribution in [2.75, 3.05) is 24.7 Å². The molecule has 0 radical (unpaired) electrons. The first-order valence-electron chi connectivity index (χ1n) is 8.48. The second kappa shape index (κ2) is 7.47. The summed E-state index contributed by atoms with van der Waals surface area (Å²) in [4.78, 5) is 12.4. The second-order valence-corrected chi connectivity index (χ2v) is 8.41. The lowest BCUT2D eigenvalue weighted by Gasteiger charge is -2.28. The van der Waals surface area contributed by atoms with Gasteiger partial charge in [0.2, 0.25) is 10.0 Å². The van der Waals surface area contributed by atoms with Crippen molar-refractivity contribution in [3.8, 4) is 5.75 Å². The number of carbonyl (C=O) groups excluding carboxylic acids is 1. The molecule has 0 saturated carbocycles. The van der Waals surface area contributed by atoms with Gasteiger partial charge in [-0.05, 0) is 60.9 Å². The molecule has 1 amide bonds. The molecule has 0 unspecified atom stereocenters. The van der Waals surface area contributed by atoms with Crippen molar-refractivity contribution in [1.82, 2.24) is 4.31 Å². The molecule has 1 N–H and O–H groups in total. The lowest BCUT2D eigenvalue weighted by Crippen LogP contribution is -2.36. The van der Waals surface area contributed by atoms with E-state index in [1.807, 2.05) is 18.2 Å². The number of carbonyl (C=O) groups is 1. The topological polar surface area (TPSA) is 75.7 Å². The summed E-state index contributed by atoms with van der Waals surface area (Å²) in [5.74, 6) is 0.560. The summed E-state index contributed by atoms with van der Waals surface area (Å²) in [6.45, 7) is 2.49. The molecule has 6 nitrogen and oxygen atoms in total. The Morgan fingerprint density at radius 2 is 1.88 bits per heavy atom. The van der Waals surface area contributed by atoms with Gasteiger partial charge in [0, 0.05) is 24.3 Å². The molecule has 1 heterocycles. The number of nitrogens with zero attached hydrogens (tertiary/aromatic N) is 1. The molecule has 0 saturated heterocycles. The molecule has 0 atom stereocenters. The lowest BCUT2D eigenvalue weighted by atomic mass is 10.0. The number of anilines is 1. The number of methoxy groups -OCH3 is 1. The number of rotatable bonds is 5. The van der Waals surface area contributed by atoms with Crippen LogP contribution in [0.2, 0.25) is 0 Å². The molecule has 26 heavy (non-hydrogen) atoms. The minimum absolute atomic E-state index is 0.0935. The van der Waals surface area contributed by atoms with Crippen LogP contribution < -0.4 is 10.1 Å². The number of nitrogens with one attached hydrogen (secondary N) is 1. The SMILES string of the molecule is CCS(=O)(=O)N1CCc2ccc(NC(=O)c3ccc(OC)cc3)cc2C1. The molecule has 0 spiro atoms. The summed E-state index contributed by atoms with van der Waals surface area (Å²) < 4.78 is 30.8. The summed E-state index contributed by atoms with van der Waals surface area (Å²) in [6.07, 6.45) is 0.682. The number of benzene rings is 2. The van der Waals surface area contributed by atoms with Crippen LogP contribution in [0.25, 0.3) is 0 Å². The Bertz CT molecular complexity index is 908. The number of ether oxygens (including phenoxy) is 1. The van der Waals surface area contributed by atoms with Gasteiger partial charge in [-0.1, -0.05) is 6.07 Å². The highest BCUT2D eigenvalue weighted by molar-refractivity contribution is 7.89. The Kier molecular flexibility index (Phi) is 5.29. The number of amides is 1. The van der Waals surface area contributed by atoms with Crippen LogP contribution in [0.1, 0.15) is 28.4 Å². The van der Waals surface area contributed by atoms with E-state index < -0.39 is 10.0 Å². The number of hydrogen-bond donors (Lipinski definition) is 1. The summed E-state index contributed by atoms with van der Waals surface area (Å²) >= 11 is 0. The van der Waals surface area contributed by atoms with Gasteiger partial charge in [-0.2, -0.15) is 4.31 Å². The van der Waals surface area contributed by atoms with Crippen molar-refractivity contribution in [3.05, 3.63) is 59.2 Å². The minimum atomic E-state index is -3.22. The van der Waals surface area contributed by atoms with Crippen LogP contribution in [-0.2, 0) is 23.0 Å². The zero-order valence-corrected chi connectivity index (χ0v) is 15.7. The predicted octanol–water partition coefficient (Wildman–Crippen LogP) is 2.66. The van der Waals surface area contributed by atoms with Crippen molar-refractivity contribution in [3.63, 3.8) is 0 Å². The first-order chi connectivity index (χ1) is 12.4. The Morgan fingerprint density at radius 3 is 2.54 bits per heavy atom. The third-order valence-corrected chi connectivity index (χ3v) is 6.38. The highest BCUT2D eigenvalue weighted by Crippen LogP contribution is 2.25. The molecule has 7 heteroatoms. The first-order valence-corrected chi connectivity index (χ1v) is 10.1. The monoisotopic (exact) mass is 374 g/mol. The third kappa shape index (κ3) is 3.89. The van der Waals surface area contributed by atoms with Crippen LogP contribution in [0.3, 0.4) is 0 Å². The first kappa shape index (κ1) is 18.4. The van der Waals surface area contributed by atoms with E-state index in [-0.39, 0.29) is 11.7 Å². The molecule has 2 aromatic rings. The highest BCUT2D eigenvalue weighted by atomic mass is 32.2. The molecule has 0 aliphatic carbocycles. The van der Waals surface area contributed by atoms with E-state index in [1.54, 1.807) is 38.3 Å². The molecular formula is C19H22N2O4S. The van der Waals surface area contributed by atoms with Crippen LogP contribution in [0.4, 0.5) is 5.69 Å². The van der Waals surface area contributed by atoms with E-state index in [4.69, 9.17) is 4.74 Å². The van der Waals surface area contributed by atoms with Crippen molar-refractivity contribution < 1.29 is 17.9 Å². The standard InChI is InChI=1S/C19H22N2O4S/c1-3-26(23,24)21-11-10-14-4-7-17(12-16(14)13-21)20-19(22)15-5-8-18(25-2)9-6-15/h4-9,12H,3,10-11,13H2,1-2H3,(H,20,22). The third-order valence-electron chi connectivity index (χ3n) is 4.55. The average molecular weight is 374 g/mol. The van der Waals surface area contributed by atoms with E-state index in [2.05, 4.69) is 5.32 Å². The molecule has 0 fully saturated rings. The molecule has 1 aliphatic heterocycles. The fourth-order valence-electron chi connectivity index (χ4n) is 2.97. The fourth-order valence-corrected chi connectivity index (χ4v) is 4.05. The minimum Gasteiger partial charge on any atom is -0.497 e. The van der Waals surface area contributed by atoms with Crippen molar-refractivity contribution in [2.45, 2.75) is 19.9 Å². The van der Waals surface area contributed by atoms with Gasteiger partial charge in [0.05, 0.1) is 12.9 Å². The fraction of sp³-hybridized carbons (Fsp3) is 0.316.